The van der Waals surface area contributed by atoms with E-state index in [-0.39, 0.29) is 18.8 Å². The number of aliphatic hydroxyl groups is 1. The van der Waals surface area contributed by atoms with Gasteiger partial charge in [-0.1, -0.05) is 18.2 Å². The third kappa shape index (κ3) is 3.69. The number of anilines is 1. The summed E-state index contributed by atoms with van der Waals surface area (Å²) in [5.41, 5.74) is 8.49. The van der Waals surface area contributed by atoms with Gasteiger partial charge in [-0.05, 0) is 31.4 Å². The highest BCUT2D eigenvalue weighted by Crippen LogP contribution is 2.28. The van der Waals surface area contributed by atoms with Crippen LogP contribution in [0.2, 0.25) is 0 Å². The number of hydrogen-bond acceptors (Lipinski definition) is 4. The SMILES string of the molecule is CC(N)c1ccccc1N1CCC(OCCO)CC1. The van der Waals surface area contributed by atoms with E-state index in [1.165, 1.54) is 11.3 Å². The molecule has 1 aromatic carbocycles. The Balaban J connectivity index is 1.98. The van der Waals surface area contributed by atoms with E-state index in [9.17, 15) is 0 Å². The van der Waals surface area contributed by atoms with E-state index >= 15 is 0 Å². The molecule has 3 N–H and O–H groups in total. The Hall–Kier alpha value is -1.10. The predicted molar refractivity (Wildman–Crippen MR) is 77.3 cm³/mol. The predicted octanol–water partition coefficient (Wildman–Crippen LogP) is 1.68. The van der Waals surface area contributed by atoms with E-state index in [0.29, 0.717) is 6.61 Å². The number of benzene rings is 1. The Morgan fingerprint density at radius 2 is 2.05 bits per heavy atom. The minimum atomic E-state index is 0.0552. The summed E-state index contributed by atoms with van der Waals surface area (Å²) in [5.74, 6) is 0. The van der Waals surface area contributed by atoms with Crippen molar-refractivity contribution in [3.8, 4) is 0 Å². The van der Waals surface area contributed by atoms with Crippen molar-refractivity contribution in [3.05, 3.63) is 29.8 Å². The highest BCUT2D eigenvalue weighted by Gasteiger charge is 2.21. The highest BCUT2D eigenvalue weighted by atomic mass is 16.5. The summed E-state index contributed by atoms with van der Waals surface area (Å²) in [6.45, 7) is 4.55. The molecule has 1 unspecified atom stereocenters. The molecule has 1 aliphatic heterocycles. The van der Waals surface area contributed by atoms with Crippen LogP contribution in [-0.2, 0) is 4.74 Å². The Morgan fingerprint density at radius 1 is 1.37 bits per heavy atom. The van der Waals surface area contributed by atoms with Gasteiger partial charge in [-0.15, -0.1) is 0 Å². The molecule has 1 fully saturated rings. The largest absolute Gasteiger partial charge is 0.394 e. The Bertz CT molecular complexity index is 387. The third-order valence-electron chi connectivity index (χ3n) is 3.65. The van der Waals surface area contributed by atoms with Crippen molar-refractivity contribution < 1.29 is 9.84 Å². The molecule has 2 rings (SSSR count). The zero-order valence-corrected chi connectivity index (χ0v) is 11.6. The fourth-order valence-corrected chi connectivity index (χ4v) is 2.64. The van der Waals surface area contributed by atoms with Crippen molar-refractivity contribution in [3.63, 3.8) is 0 Å². The molecule has 0 bridgehead atoms. The lowest BCUT2D eigenvalue weighted by Crippen LogP contribution is -2.38. The van der Waals surface area contributed by atoms with Crippen molar-refractivity contribution in [2.45, 2.75) is 31.9 Å². The molecule has 4 heteroatoms. The summed E-state index contributed by atoms with van der Waals surface area (Å²) >= 11 is 0. The minimum Gasteiger partial charge on any atom is -0.394 e. The zero-order valence-electron chi connectivity index (χ0n) is 11.6. The second-order valence-corrected chi connectivity index (χ2v) is 5.13. The van der Waals surface area contributed by atoms with Crippen LogP contribution in [0.15, 0.2) is 24.3 Å². The fraction of sp³-hybridized carbons (Fsp3) is 0.600. The Morgan fingerprint density at radius 3 is 2.68 bits per heavy atom. The molecule has 19 heavy (non-hydrogen) atoms. The number of nitrogens with two attached hydrogens (primary N) is 1. The van der Waals surface area contributed by atoms with Crippen molar-refractivity contribution in [2.24, 2.45) is 5.73 Å². The van der Waals surface area contributed by atoms with E-state index in [0.717, 1.165) is 25.9 Å². The van der Waals surface area contributed by atoms with Crippen molar-refractivity contribution in [1.29, 1.82) is 0 Å². The maximum absolute atomic E-state index is 8.78. The van der Waals surface area contributed by atoms with Crippen molar-refractivity contribution >= 4 is 5.69 Å². The van der Waals surface area contributed by atoms with Gasteiger partial charge in [0.25, 0.3) is 0 Å². The van der Waals surface area contributed by atoms with E-state index in [2.05, 4.69) is 23.1 Å². The van der Waals surface area contributed by atoms with Gasteiger partial charge in [0, 0.05) is 24.8 Å². The van der Waals surface area contributed by atoms with E-state index in [1.807, 2.05) is 13.0 Å². The van der Waals surface area contributed by atoms with Crippen molar-refractivity contribution in [1.82, 2.24) is 0 Å². The van der Waals surface area contributed by atoms with Crippen LogP contribution >= 0.6 is 0 Å². The summed E-state index contributed by atoms with van der Waals surface area (Å²) in [7, 11) is 0. The molecule has 106 valence electrons. The molecule has 1 heterocycles. The summed E-state index contributed by atoms with van der Waals surface area (Å²) in [6, 6.07) is 8.41. The monoisotopic (exact) mass is 264 g/mol. The lowest BCUT2D eigenvalue weighted by Gasteiger charge is -2.35. The van der Waals surface area contributed by atoms with Crippen LogP contribution in [0.4, 0.5) is 5.69 Å². The van der Waals surface area contributed by atoms with Crippen LogP contribution in [0.5, 0.6) is 0 Å². The topological polar surface area (TPSA) is 58.7 Å². The number of rotatable bonds is 5. The summed E-state index contributed by atoms with van der Waals surface area (Å²) in [6.07, 6.45) is 2.30. The zero-order chi connectivity index (χ0) is 13.7. The van der Waals surface area contributed by atoms with Crippen LogP contribution in [0.25, 0.3) is 0 Å². The number of aliphatic hydroxyl groups excluding tert-OH is 1. The quantitative estimate of drug-likeness (QED) is 0.849. The first kappa shape index (κ1) is 14.3. The number of hydrogen-bond donors (Lipinski definition) is 2. The maximum atomic E-state index is 8.78. The van der Waals surface area contributed by atoms with Gasteiger partial charge < -0.3 is 20.5 Å². The second kappa shape index (κ2) is 6.89. The summed E-state index contributed by atoms with van der Waals surface area (Å²) in [4.78, 5) is 2.39. The Labute approximate surface area is 115 Å². The molecule has 0 saturated carbocycles. The summed E-state index contributed by atoms with van der Waals surface area (Å²) < 4.78 is 5.59. The molecule has 0 aromatic heterocycles. The molecule has 0 aliphatic carbocycles. The summed E-state index contributed by atoms with van der Waals surface area (Å²) in [5, 5.41) is 8.78. The van der Waals surface area contributed by atoms with Gasteiger partial charge in [0.15, 0.2) is 0 Å². The third-order valence-corrected chi connectivity index (χ3v) is 3.65. The number of para-hydroxylation sites is 1. The lowest BCUT2D eigenvalue weighted by molar-refractivity contribution is 0.0159. The van der Waals surface area contributed by atoms with Crippen LogP contribution in [0.3, 0.4) is 0 Å². The molecule has 0 amide bonds. The minimum absolute atomic E-state index is 0.0552. The van der Waals surface area contributed by atoms with E-state index in [4.69, 9.17) is 15.6 Å². The van der Waals surface area contributed by atoms with E-state index in [1.54, 1.807) is 0 Å². The molecular formula is C15H24N2O2. The lowest BCUT2D eigenvalue weighted by atomic mass is 10.0. The normalized spacial score (nSPS) is 18.6. The second-order valence-electron chi connectivity index (χ2n) is 5.13. The van der Waals surface area contributed by atoms with Gasteiger partial charge in [-0.3, -0.25) is 0 Å². The number of piperidine rings is 1. The first-order valence-electron chi connectivity index (χ1n) is 7.04. The number of nitrogens with zero attached hydrogens (tertiary/aromatic N) is 1. The molecule has 4 nitrogen and oxygen atoms in total. The molecule has 1 aromatic rings. The molecule has 0 spiro atoms. The van der Waals surface area contributed by atoms with E-state index < -0.39 is 0 Å². The van der Waals surface area contributed by atoms with Gasteiger partial charge in [-0.25, -0.2) is 0 Å². The molecular weight excluding hydrogens is 240 g/mol. The molecule has 0 radical (unpaired) electrons. The van der Waals surface area contributed by atoms with Crippen molar-refractivity contribution in [2.75, 3.05) is 31.2 Å². The van der Waals surface area contributed by atoms with Gasteiger partial charge in [0.1, 0.15) is 0 Å². The van der Waals surface area contributed by atoms with Gasteiger partial charge in [-0.2, -0.15) is 0 Å². The van der Waals surface area contributed by atoms with Gasteiger partial charge >= 0.3 is 0 Å². The first-order chi connectivity index (χ1) is 9.22. The smallest absolute Gasteiger partial charge is 0.0701 e. The van der Waals surface area contributed by atoms with Gasteiger partial charge in [0.2, 0.25) is 0 Å². The first-order valence-corrected chi connectivity index (χ1v) is 7.04. The molecule has 1 aliphatic rings. The van der Waals surface area contributed by atoms with Crippen LogP contribution < -0.4 is 10.6 Å². The van der Waals surface area contributed by atoms with Crippen LogP contribution in [-0.4, -0.2) is 37.5 Å². The average molecular weight is 264 g/mol. The van der Waals surface area contributed by atoms with Gasteiger partial charge in [0.05, 0.1) is 19.3 Å². The Kier molecular flexibility index (Phi) is 5.19. The maximum Gasteiger partial charge on any atom is 0.0701 e. The molecule has 1 atom stereocenters. The molecule has 1 saturated heterocycles. The highest BCUT2D eigenvalue weighted by molar-refractivity contribution is 5.55. The number of ether oxygens (including phenoxy) is 1. The van der Waals surface area contributed by atoms with Crippen LogP contribution in [0.1, 0.15) is 31.4 Å². The fourth-order valence-electron chi connectivity index (χ4n) is 2.64. The average Bonchev–Trinajstić information content (AvgIpc) is 2.45. The standard InChI is InChI=1S/C15H24N2O2/c1-12(16)14-4-2-3-5-15(14)17-8-6-13(7-9-17)19-11-10-18/h2-5,12-13,18H,6-11,16H2,1H3. The van der Waals surface area contributed by atoms with Crippen LogP contribution in [0, 0.1) is 0 Å².